The van der Waals surface area contributed by atoms with Gasteiger partial charge in [-0.15, -0.1) is 0 Å². The van der Waals surface area contributed by atoms with Crippen molar-refractivity contribution in [1.29, 1.82) is 0 Å². The van der Waals surface area contributed by atoms with Gasteiger partial charge < -0.3 is 5.11 Å². The van der Waals surface area contributed by atoms with Crippen LogP contribution in [0.4, 0.5) is 0 Å². The van der Waals surface area contributed by atoms with Gasteiger partial charge in [-0.2, -0.15) is 0 Å². The summed E-state index contributed by atoms with van der Waals surface area (Å²) in [6, 6.07) is 0. The molecule has 0 saturated heterocycles. The van der Waals surface area contributed by atoms with Gasteiger partial charge >= 0.3 is 0 Å². The van der Waals surface area contributed by atoms with Crippen molar-refractivity contribution in [2.75, 3.05) is 6.61 Å². The van der Waals surface area contributed by atoms with Crippen molar-refractivity contribution in [3.63, 3.8) is 0 Å². The van der Waals surface area contributed by atoms with Gasteiger partial charge in [0.1, 0.15) is 0 Å². The van der Waals surface area contributed by atoms with E-state index in [0.29, 0.717) is 29.3 Å². The van der Waals surface area contributed by atoms with Crippen molar-refractivity contribution < 1.29 is 5.11 Å². The van der Waals surface area contributed by atoms with Crippen LogP contribution in [0, 0.1) is 52.3 Å². The smallest absolute Gasteiger partial charge is 0.0459 e. The highest BCUT2D eigenvalue weighted by Gasteiger charge is 2.59. The van der Waals surface area contributed by atoms with E-state index in [4.69, 9.17) is 0 Å². The molecule has 4 fully saturated rings. The average Bonchev–Trinajstić information content (AvgIpc) is 3.04. The number of fused-ring (bicyclic) bond motifs is 5. The molecule has 0 aromatic heterocycles. The Hall–Kier alpha value is -0.300. The Kier molecular flexibility index (Phi) is 6.05. The van der Waals surface area contributed by atoms with E-state index in [1.54, 1.807) is 0 Å². The Morgan fingerprint density at radius 1 is 0.893 bits per heavy atom. The highest BCUT2D eigenvalue weighted by molar-refractivity contribution is 5.10. The van der Waals surface area contributed by atoms with Crippen LogP contribution in [0.15, 0.2) is 12.2 Å². The molecular weight excluding hydrogens is 340 g/mol. The normalized spacial score (nSPS) is 48.0. The number of aliphatic hydroxyl groups is 1. The summed E-state index contributed by atoms with van der Waals surface area (Å²) in [6.07, 6.45) is 20.9. The Bertz CT molecular complexity index is 567. The Labute approximate surface area is 174 Å². The average molecular weight is 387 g/mol. The maximum atomic E-state index is 9.29. The summed E-state index contributed by atoms with van der Waals surface area (Å²) < 4.78 is 0. The van der Waals surface area contributed by atoms with Crippen LogP contribution in [-0.4, -0.2) is 11.7 Å². The first-order chi connectivity index (χ1) is 13.4. The molecule has 1 N–H and O–H groups in total. The summed E-state index contributed by atoms with van der Waals surface area (Å²) >= 11 is 0. The molecule has 4 rings (SSSR count). The van der Waals surface area contributed by atoms with Gasteiger partial charge in [-0.05, 0) is 110 Å². The molecule has 28 heavy (non-hydrogen) atoms. The third-order valence-electron chi connectivity index (χ3n) is 10.6. The molecule has 1 nitrogen and oxygen atoms in total. The number of hydrogen-bond donors (Lipinski definition) is 1. The van der Waals surface area contributed by atoms with Crippen LogP contribution in [0.2, 0.25) is 0 Å². The van der Waals surface area contributed by atoms with E-state index in [2.05, 4.69) is 39.8 Å². The van der Waals surface area contributed by atoms with E-state index in [1.807, 2.05) is 0 Å². The molecule has 0 heterocycles. The molecule has 0 radical (unpaired) electrons. The van der Waals surface area contributed by atoms with Crippen LogP contribution in [-0.2, 0) is 0 Å². The fourth-order valence-electron chi connectivity index (χ4n) is 8.93. The van der Waals surface area contributed by atoms with Gasteiger partial charge in [0, 0.05) is 6.61 Å². The molecule has 2 unspecified atom stereocenters. The summed E-state index contributed by atoms with van der Waals surface area (Å²) in [6.45, 7) is 10.3. The molecule has 4 saturated carbocycles. The zero-order valence-corrected chi connectivity index (χ0v) is 19.1. The molecule has 0 amide bonds. The SMILES string of the molecule is CC(CO)C/C=C/[C@@H](C)[C@H]1CC[C@H]2[C@@H]3CCC4CCCC[C@]4(C)[C@H]3CC[C@]12C. The Morgan fingerprint density at radius 3 is 2.46 bits per heavy atom. The number of allylic oxidation sites excluding steroid dienone is 2. The zero-order chi connectivity index (χ0) is 19.9. The molecule has 0 bridgehead atoms. The summed E-state index contributed by atoms with van der Waals surface area (Å²) in [4.78, 5) is 0. The minimum atomic E-state index is 0.310. The van der Waals surface area contributed by atoms with Gasteiger partial charge in [0.15, 0.2) is 0 Å². The highest BCUT2D eigenvalue weighted by atomic mass is 16.3. The van der Waals surface area contributed by atoms with Crippen LogP contribution >= 0.6 is 0 Å². The molecule has 4 aliphatic carbocycles. The summed E-state index contributed by atoms with van der Waals surface area (Å²) in [5.41, 5.74) is 1.25. The fourth-order valence-corrected chi connectivity index (χ4v) is 8.93. The second-order valence-electron chi connectivity index (χ2n) is 11.9. The lowest BCUT2D eigenvalue weighted by molar-refractivity contribution is -0.112. The van der Waals surface area contributed by atoms with E-state index in [-0.39, 0.29) is 0 Å². The van der Waals surface area contributed by atoms with Gasteiger partial charge in [0.05, 0.1) is 0 Å². The van der Waals surface area contributed by atoms with Gasteiger partial charge in [0.25, 0.3) is 0 Å². The Morgan fingerprint density at radius 2 is 1.68 bits per heavy atom. The van der Waals surface area contributed by atoms with Crippen LogP contribution in [0.25, 0.3) is 0 Å². The zero-order valence-electron chi connectivity index (χ0n) is 19.1. The fraction of sp³-hybridized carbons (Fsp3) is 0.926. The molecule has 0 aliphatic heterocycles. The van der Waals surface area contributed by atoms with E-state index in [9.17, 15) is 5.11 Å². The van der Waals surface area contributed by atoms with Gasteiger partial charge in [-0.1, -0.05) is 52.7 Å². The van der Waals surface area contributed by atoms with E-state index >= 15 is 0 Å². The summed E-state index contributed by atoms with van der Waals surface area (Å²) in [7, 11) is 0. The predicted octanol–water partition coefficient (Wildman–Crippen LogP) is 7.25. The van der Waals surface area contributed by atoms with Crippen molar-refractivity contribution in [2.24, 2.45) is 52.3 Å². The van der Waals surface area contributed by atoms with Crippen molar-refractivity contribution in [3.8, 4) is 0 Å². The summed E-state index contributed by atoms with van der Waals surface area (Å²) in [5, 5.41) is 9.29. The lowest BCUT2D eigenvalue weighted by atomic mass is 9.44. The number of rotatable bonds is 5. The first kappa shape index (κ1) is 21.0. The first-order valence-corrected chi connectivity index (χ1v) is 12.7. The number of aliphatic hydroxyl groups excluding tert-OH is 1. The molecular formula is C27H46O. The van der Waals surface area contributed by atoms with Crippen molar-refractivity contribution in [3.05, 3.63) is 12.2 Å². The first-order valence-electron chi connectivity index (χ1n) is 12.7. The molecule has 0 aromatic rings. The Balaban J connectivity index is 1.47. The molecule has 160 valence electrons. The molecule has 0 spiro atoms. The van der Waals surface area contributed by atoms with Gasteiger partial charge in [0.2, 0.25) is 0 Å². The largest absolute Gasteiger partial charge is 0.396 e. The quantitative estimate of drug-likeness (QED) is 0.493. The lowest BCUT2D eigenvalue weighted by Crippen LogP contribution is -2.53. The lowest BCUT2D eigenvalue weighted by Gasteiger charge is -2.60. The predicted molar refractivity (Wildman–Crippen MR) is 119 cm³/mol. The maximum absolute atomic E-state index is 9.29. The third-order valence-corrected chi connectivity index (χ3v) is 10.6. The van der Waals surface area contributed by atoms with Crippen LogP contribution < -0.4 is 0 Å². The maximum Gasteiger partial charge on any atom is 0.0459 e. The van der Waals surface area contributed by atoms with Crippen molar-refractivity contribution >= 4 is 0 Å². The van der Waals surface area contributed by atoms with E-state index < -0.39 is 0 Å². The second kappa shape index (κ2) is 8.09. The minimum Gasteiger partial charge on any atom is -0.396 e. The van der Waals surface area contributed by atoms with Crippen molar-refractivity contribution in [1.82, 2.24) is 0 Å². The molecule has 9 atom stereocenters. The van der Waals surface area contributed by atoms with E-state index in [1.165, 1.54) is 64.2 Å². The third kappa shape index (κ3) is 3.42. The molecule has 0 aromatic carbocycles. The van der Waals surface area contributed by atoms with Crippen LogP contribution in [0.3, 0.4) is 0 Å². The highest BCUT2D eigenvalue weighted by Crippen LogP contribution is 2.68. The topological polar surface area (TPSA) is 20.2 Å². The van der Waals surface area contributed by atoms with Crippen LogP contribution in [0.1, 0.15) is 98.3 Å². The second-order valence-corrected chi connectivity index (χ2v) is 11.9. The minimum absolute atomic E-state index is 0.310. The monoisotopic (exact) mass is 386 g/mol. The van der Waals surface area contributed by atoms with E-state index in [0.717, 1.165) is 36.0 Å². The van der Waals surface area contributed by atoms with Crippen LogP contribution in [0.5, 0.6) is 0 Å². The standard InChI is InChI=1S/C27H46O/c1-19(18-28)8-7-9-20(2)23-13-14-24-22-12-11-21-10-5-6-16-26(21,3)25(22)15-17-27(23,24)4/h7,9,19-25,28H,5-6,8,10-18H2,1-4H3/b9-7+/t19?,20-,21?,22+,23-,24+,25+,26+,27-/m1/s1. The number of hydrogen-bond acceptors (Lipinski definition) is 1. The summed E-state index contributed by atoms with van der Waals surface area (Å²) in [5.74, 6) is 6.04. The van der Waals surface area contributed by atoms with Gasteiger partial charge in [-0.25, -0.2) is 0 Å². The van der Waals surface area contributed by atoms with Gasteiger partial charge in [-0.3, -0.25) is 0 Å². The molecule has 4 aliphatic rings. The van der Waals surface area contributed by atoms with Crippen molar-refractivity contribution in [2.45, 2.75) is 98.3 Å². The molecule has 1 heteroatoms.